The highest BCUT2D eigenvalue weighted by atomic mass is 16.7. The van der Waals surface area contributed by atoms with Crippen molar-refractivity contribution in [3.8, 4) is 0 Å². The van der Waals surface area contributed by atoms with Crippen molar-refractivity contribution >= 4 is 18.4 Å². The van der Waals surface area contributed by atoms with Crippen molar-refractivity contribution in [1.82, 2.24) is 4.98 Å². The first-order chi connectivity index (χ1) is 10.4. The summed E-state index contributed by atoms with van der Waals surface area (Å²) in [6, 6.07) is 4.03. The van der Waals surface area contributed by atoms with Gasteiger partial charge in [0, 0.05) is 18.2 Å². The lowest BCUT2D eigenvalue weighted by Crippen LogP contribution is -2.41. The van der Waals surface area contributed by atoms with Crippen molar-refractivity contribution in [1.29, 1.82) is 0 Å². The van der Waals surface area contributed by atoms with Crippen LogP contribution in [0, 0.1) is 0 Å². The van der Waals surface area contributed by atoms with Gasteiger partial charge in [0.2, 0.25) is 0 Å². The third-order valence-electron chi connectivity index (χ3n) is 4.65. The van der Waals surface area contributed by atoms with Gasteiger partial charge in [-0.05, 0) is 40.2 Å². The Balaban J connectivity index is 1.87. The zero-order valence-electron chi connectivity index (χ0n) is 14.6. The van der Waals surface area contributed by atoms with Crippen molar-refractivity contribution in [2.24, 2.45) is 0 Å². The Labute approximate surface area is 135 Å². The second-order valence-electron chi connectivity index (χ2n) is 7.05. The Morgan fingerprint density at radius 3 is 2.27 bits per heavy atom. The maximum Gasteiger partial charge on any atom is 0.496 e. The van der Waals surface area contributed by atoms with Crippen LogP contribution in [-0.4, -0.2) is 29.8 Å². The van der Waals surface area contributed by atoms with Gasteiger partial charge in [-0.3, -0.25) is 0 Å². The second-order valence-corrected chi connectivity index (χ2v) is 7.05. The predicted octanol–water partition coefficient (Wildman–Crippen LogP) is 3.37. The summed E-state index contributed by atoms with van der Waals surface area (Å²) in [6.45, 7) is 11.4. The lowest BCUT2D eigenvalue weighted by atomic mass is 9.80. The van der Waals surface area contributed by atoms with Crippen LogP contribution in [-0.2, 0) is 9.31 Å². The van der Waals surface area contributed by atoms with Gasteiger partial charge in [0.25, 0.3) is 0 Å². The van der Waals surface area contributed by atoms with Crippen LogP contribution in [0.1, 0.15) is 60.3 Å². The fraction of sp³-hybridized carbons (Fsp3) is 0.706. The Hall–Kier alpha value is -1.07. The number of unbranched alkanes of at least 4 members (excludes halogenated alkanes) is 3. The zero-order chi connectivity index (χ0) is 16.2. The van der Waals surface area contributed by atoms with Crippen LogP contribution in [0.4, 0.5) is 5.82 Å². The van der Waals surface area contributed by atoms with E-state index < -0.39 is 0 Å². The summed E-state index contributed by atoms with van der Waals surface area (Å²) < 4.78 is 12.1. The number of hydrogen-bond donors (Lipinski definition) is 1. The molecule has 0 atom stereocenters. The minimum Gasteiger partial charge on any atom is -0.399 e. The maximum atomic E-state index is 6.03. The number of pyridine rings is 1. The van der Waals surface area contributed by atoms with Crippen LogP contribution in [0.2, 0.25) is 0 Å². The third-order valence-corrected chi connectivity index (χ3v) is 4.65. The van der Waals surface area contributed by atoms with Crippen LogP contribution in [0.3, 0.4) is 0 Å². The van der Waals surface area contributed by atoms with Crippen molar-refractivity contribution in [2.75, 3.05) is 11.9 Å². The molecule has 5 heteroatoms. The zero-order valence-corrected chi connectivity index (χ0v) is 14.6. The molecule has 4 nitrogen and oxygen atoms in total. The number of hydrogen-bond acceptors (Lipinski definition) is 4. The van der Waals surface area contributed by atoms with Gasteiger partial charge in [-0.25, -0.2) is 4.98 Å². The normalized spacial score (nSPS) is 19.4. The molecule has 1 fully saturated rings. The van der Waals surface area contributed by atoms with Gasteiger partial charge < -0.3 is 14.6 Å². The molecule has 0 aliphatic carbocycles. The molecule has 0 amide bonds. The first kappa shape index (κ1) is 17.3. The summed E-state index contributed by atoms with van der Waals surface area (Å²) in [5, 5.41) is 3.36. The number of rotatable bonds is 7. The molecule has 1 aliphatic rings. The first-order valence-corrected chi connectivity index (χ1v) is 8.41. The highest BCUT2D eigenvalue weighted by molar-refractivity contribution is 6.62. The standard InChI is InChI=1S/C17H29BN2O2/c1-6-7-8-9-12-19-15-11-10-14(13-20-15)18-21-16(2,3)17(4,5)22-18/h10-11,13H,6-9,12H2,1-5H3,(H,19,20). The van der Waals surface area contributed by atoms with Crippen LogP contribution >= 0.6 is 0 Å². The summed E-state index contributed by atoms with van der Waals surface area (Å²) in [5.74, 6) is 0.914. The van der Waals surface area contributed by atoms with Crippen molar-refractivity contribution in [2.45, 2.75) is 71.5 Å². The topological polar surface area (TPSA) is 43.4 Å². The molecule has 1 aromatic heterocycles. The quantitative estimate of drug-likeness (QED) is 0.619. The second kappa shape index (κ2) is 7.01. The SMILES string of the molecule is CCCCCCNc1ccc(B2OC(C)(C)C(C)(C)O2)cn1. The average Bonchev–Trinajstić information content (AvgIpc) is 2.68. The van der Waals surface area contributed by atoms with E-state index in [1.54, 1.807) is 0 Å². The molecule has 0 spiro atoms. The first-order valence-electron chi connectivity index (χ1n) is 8.41. The predicted molar refractivity (Wildman–Crippen MR) is 92.6 cm³/mol. The van der Waals surface area contributed by atoms with Crippen LogP contribution in [0.15, 0.2) is 18.3 Å². The Bertz CT molecular complexity index is 458. The van der Waals surface area contributed by atoms with Crippen molar-refractivity contribution < 1.29 is 9.31 Å². The van der Waals surface area contributed by atoms with E-state index in [4.69, 9.17) is 9.31 Å². The number of nitrogens with zero attached hydrogens (tertiary/aromatic N) is 1. The molecule has 0 saturated carbocycles. The monoisotopic (exact) mass is 304 g/mol. The van der Waals surface area contributed by atoms with E-state index in [-0.39, 0.29) is 18.3 Å². The van der Waals surface area contributed by atoms with Gasteiger partial charge in [-0.1, -0.05) is 32.3 Å². The third kappa shape index (κ3) is 4.02. The average molecular weight is 304 g/mol. The minimum atomic E-state index is -0.337. The maximum absolute atomic E-state index is 6.03. The molecule has 1 saturated heterocycles. The summed E-state index contributed by atoms with van der Waals surface area (Å²) >= 11 is 0. The molecule has 1 aromatic rings. The van der Waals surface area contributed by atoms with Gasteiger partial charge >= 0.3 is 7.12 Å². The van der Waals surface area contributed by atoms with Gasteiger partial charge in [-0.15, -0.1) is 0 Å². The molecule has 0 aromatic carbocycles. The largest absolute Gasteiger partial charge is 0.496 e. The molecular formula is C17H29BN2O2. The molecule has 1 aliphatic heterocycles. The van der Waals surface area contributed by atoms with Crippen molar-refractivity contribution in [3.63, 3.8) is 0 Å². The van der Waals surface area contributed by atoms with Crippen LogP contribution < -0.4 is 10.8 Å². The lowest BCUT2D eigenvalue weighted by molar-refractivity contribution is 0.00578. The summed E-state index contributed by atoms with van der Waals surface area (Å²) in [7, 11) is -0.337. The molecule has 2 rings (SSSR count). The summed E-state index contributed by atoms with van der Waals surface area (Å²) in [4.78, 5) is 4.47. The van der Waals surface area contributed by atoms with Crippen LogP contribution in [0.5, 0.6) is 0 Å². The van der Waals surface area contributed by atoms with E-state index >= 15 is 0 Å². The smallest absolute Gasteiger partial charge is 0.399 e. The molecule has 122 valence electrons. The van der Waals surface area contributed by atoms with E-state index in [1.165, 1.54) is 25.7 Å². The molecule has 1 N–H and O–H groups in total. The molecule has 0 unspecified atom stereocenters. The van der Waals surface area contributed by atoms with E-state index in [0.717, 1.165) is 17.8 Å². The molecule has 2 heterocycles. The number of anilines is 1. The fourth-order valence-electron chi connectivity index (χ4n) is 2.40. The van der Waals surface area contributed by atoms with E-state index in [2.05, 4.69) is 44.9 Å². The lowest BCUT2D eigenvalue weighted by Gasteiger charge is -2.32. The minimum absolute atomic E-state index is 0.312. The van der Waals surface area contributed by atoms with Gasteiger partial charge in [0.05, 0.1) is 11.2 Å². The highest BCUT2D eigenvalue weighted by Gasteiger charge is 2.51. The number of aromatic nitrogens is 1. The molecule has 0 radical (unpaired) electrons. The molecule has 0 bridgehead atoms. The van der Waals surface area contributed by atoms with E-state index in [1.807, 2.05) is 18.3 Å². The van der Waals surface area contributed by atoms with Gasteiger partial charge in [-0.2, -0.15) is 0 Å². The summed E-state index contributed by atoms with van der Waals surface area (Å²) in [5.41, 5.74) is 0.344. The van der Waals surface area contributed by atoms with Crippen LogP contribution in [0.25, 0.3) is 0 Å². The fourth-order valence-corrected chi connectivity index (χ4v) is 2.40. The van der Waals surface area contributed by atoms with Gasteiger partial charge in [0.15, 0.2) is 0 Å². The Morgan fingerprint density at radius 2 is 1.73 bits per heavy atom. The van der Waals surface area contributed by atoms with E-state index in [9.17, 15) is 0 Å². The van der Waals surface area contributed by atoms with E-state index in [0.29, 0.717) is 0 Å². The van der Waals surface area contributed by atoms with Crippen molar-refractivity contribution in [3.05, 3.63) is 18.3 Å². The highest BCUT2D eigenvalue weighted by Crippen LogP contribution is 2.36. The molecule has 22 heavy (non-hydrogen) atoms. The molecular weight excluding hydrogens is 275 g/mol. The van der Waals surface area contributed by atoms with Gasteiger partial charge in [0.1, 0.15) is 5.82 Å². The summed E-state index contributed by atoms with van der Waals surface area (Å²) in [6.07, 6.45) is 6.87. The Morgan fingerprint density at radius 1 is 1.05 bits per heavy atom. The number of nitrogens with one attached hydrogen (secondary N) is 1. The Kier molecular flexibility index (Phi) is 5.51.